The van der Waals surface area contributed by atoms with Gasteiger partial charge in [0.1, 0.15) is 5.01 Å². The Kier molecular flexibility index (Phi) is 4.53. The van der Waals surface area contributed by atoms with Crippen molar-refractivity contribution in [3.05, 3.63) is 64.7 Å². The molecule has 2 aromatic carbocycles. The molecular weight excluding hydrogens is 362 g/mol. The second kappa shape index (κ2) is 6.97. The molecule has 4 rings (SSSR count). The Bertz CT molecular complexity index is 1100. The number of thiazole rings is 2. The lowest BCUT2D eigenvalue weighted by Gasteiger charge is -1.99. The molecule has 2 aromatic heterocycles. The summed E-state index contributed by atoms with van der Waals surface area (Å²) in [5.41, 5.74) is 5.16. The third-order valence-electron chi connectivity index (χ3n) is 3.95. The number of hydrogen-bond acceptors (Lipinski definition) is 5. The molecule has 26 heavy (non-hydrogen) atoms. The van der Waals surface area contributed by atoms with Crippen molar-refractivity contribution >= 4 is 43.9 Å². The molecule has 0 atom stereocenters. The van der Waals surface area contributed by atoms with Crippen LogP contribution in [0.5, 0.6) is 0 Å². The van der Waals surface area contributed by atoms with Crippen LogP contribution in [0.25, 0.3) is 20.8 Å². The minimum atomic E-state index is -0.0955. The predicted octanol–water partition coefficient (Wildman–Crippen LogP) is 5.22. The highest BCUT2D eigenvalue weighted by Gasteiger charge is 2.12. The van der Waals surface area contributed by atoms with E-state index in [-0.39, 0.29) is 12.3 Å². The van der Waals surface area contributed by atoms with Crippen LogP contribution in [0.4, 0.5) is 5.13 Å². The first-order valence-electron chi connectivity index (χ1n) is 8.25. The van der Waals surface area contributed by atoms with Crippen molar-refractivity contribution in [3.8, 4) is 10.6 Å². The molecule has 0 radical (unpaired) electrons. The average Bonchev–Trinajstić information content (AvgIpc) is 3.20. The van der Waals surface area contributed by atoms with Crippen LogP contribution >= 0.6 is 22.7 Å². The van der Waals surface area contributed by atoms with Crippen LogP contribution in [0.3, 0.4) is 0 Å². The number of aromatic nitrogens is 2. The van der Waals surface area contributed by atoms with E-state index < -0.39 is 0 Å². The second-order valence-electron chi connectivity index (χ2n) is 6.23. The van der Waals surface area contributed by atoms with E-state index in [0.717, 1.165) is 26.5 Å². The predicted molar refractivity (Wildman–Crippen MR) is 109 cm³/mol. The number of fused-ring (bicyclic) bond motifs is 1. The van der Waals surface area contributed by atoms with Gasteiger partial charge in [0.05, 0.1) is 22.3 Å². The van der Waals surface area contributed by atoms with Gasteiger partial charge in [-0.2, -0.15) is 0 Å². The molecule has 0 unspecified atom stereocenters. The Morgan fingerprint density at radius 2 is 1.92 bits per heavy atom. The Morgan fingerprint density at radius 3 is 2.77 bits per heavy atom. The molecule has 1 N–H and O–H groups in total. The first-order valence-corrected chi connectivity index (χ1v) is 9.95. The zero-order valence-electron chi connectivity index (χ0n) is 14.4. The maximum absolute atomic E-state index is 12.3. The Morgan fingerprint density at radius 1 is 1.08 bits per heavy atom. The molecule has 0 spiro atoms. The van der Waals surface area contributed by atoms with Crippen molar-refractivity contribution in [2.75, 3.05) is 5.32 Å². The van der Waals surface area contributed by atoms with Gasteiger partial charge < -0.3 is 5.32 Å². The standard InChI is InChI=1S/C20H17N3OS2/c1-12-4-3-5-14(8-12)19-21-15(11-25-19)10-18(24)23-20-22-16-7-6-13(2)9-17(16)26-20/h3-9,11H,10H2,1-2H3,(H,22,23,24). The minimum Gasteiger partial charge on any atom is -0.302 e. The monoisotopic (exact) mass is 379 g/mol. The van der Waals surface area contributed by atoms with Crippen molar-refractivity contribution in [1.29, 1.82) is 0 Å². The summed E-state index contributed by atoms with van der Waals surface area (Å²) in [5.74, 6) is -0.0955. The lowest BCUT2D eigenvalue weighted by Crippen LogP contribution is -2.14. The van der Waals surface area contributed by atoms with E-state index in [4.69, 9.17) is 0 Å². The van der Waals surface area contributed by atoms with E-state index in [0.29, 0.717) is 5.13 Å². The van der Waals surface area contributed by atoms with E-state index >= 15 is 0 Å². The fourth-order valence-corrected chi connectivity index (χ4v) is 4.51. The van der Waals surface area contributed by atoms with Crippen LogP contribution in [0.1, 0.15) is 16.8 Å². The van der Waals surface area contributed by atoms with Gasteiger partial charge >= 0.3 is 0 Å². The molecule has 0 bridgehead atoms. The molecule has 4 aromatic rings. The van der Waals surface area contributed by atoms with Gasteiger partial charge in [-0.3, -0.25) is 4.79 Å². The fourth-order valence-electron chi connectivity index (χ4n) is 2.71. The van der Waals surface area contributed by atoms with Crippen LogP contribution in [-0.4, -0.2) is 15.9 Å². The van der Waals surface area contributed by atoms with E-state index in [2.05, 4.69) is 40.4 Å². The number of carbonyl (C=O) groups is 1. The van der Waals surface area contributed by atoms with E-state index in [1.807, 2.05) is 36.6 Å². The molecular formula is C20H17N3OS2. The van der Waals surface area contributed by atoms with Crippen LogP contribution in [0.2, 0.25) is 0 Å². The number of carbonyl (C=O) groups excluding carboxylic acids is 1. The van der Waals surface area contributed by atoms with Gasteiger partial charge in [0.15, 0.2) is 5.13 Å². The molecule has 0 aliphatic carbocycles. The van der Waals surface area contributed by atoms with Crippen LogP contribution in [0.15, 0.2) is 47.8 Å². The summed E-state index contributed by atoms with van der Waals surface area (Å²) in [6.45, 7) is 4.11. The first kappa shape index (κ1) is 16.9. The average molecular weight is 380 g/mol. The largest absolute Gasteiger partial charge is 0.302 e. The van der Waals surface area contributed by atoms with Crippen LogP contribution in [-0.2, 0) is 11.2 Å². The van der Waals surface area contributed by atoms with Crippen molar-refractivity contribution in [2.24, 2.45) is 0 Å². The molecule has 0 saturated carbocycles. The summed E-state index contributed by atoms with van der Waals surface area (Å²) in [5, 5.41) is 6.40. The number of amides is 1. The van der Waals surface area contributed by atoms with E-state index in [1.165, 1.54) is 22.5 Å². The second-order valence-corrected chi connectivity index (χ2v) is 8.12. The molecule has 130 valence electrons. The van der Waals surface area contributed by atoms with Crippen molar-refractivity contribution in [1.82, 2.24) is 9.97 Å². The number of nitrogens with one attached hydrogen (secondary N) is 1. The van der Waals surface area contributed by atoms with Gasteiger partial charge in [-0.05, 0) is 37.6 Å². The van der Waals surface area contributed by atoms with Crippen molar-refractivity contribution < 1.29 is 4.79 Å². The Hall–Kier alpha value is -2.57. The lowest BCUT2D eigenvalue weighted by atomic mass is 10.1. The number of hydrogen-bond donors (Lipinski definition) is 1. The van der Waals surface area contributed by atoms with Gasteiger partial charge in [0.2, 0.25) is 5.91 Å². The van der Waals surface area contributed by atoms with E-state index in [1.54, 1.807) is 11.3 Å². The van der Waals surface area contributed by atoms with E-state index in [9.17, 15) is 4.79 Å². The number of rotatable bonds is 4. The molecule has 0 aliphatic heterocycles. The van der Waals surface area contributed by atoms with Crippen molar-refractivity contribution in [2.45, 2.75) is 20.3 Å². The SMILES string of the molecule is Cc1cccc(-c2nc(CC(=O)Nc3nc4ccc(C)cc4s3)cs2)c1. The molecule has 0 fully saturated rings. The molecule has 0 saturated heterocycles. The van der Waals surface area contributed by atoms with Crippen molar-refractivity contribution in [3.63, 3.8) is 0 Å². The maximum atomic E-state index is 12.3. The molecule has 0 aliphatic rings. The highest BCUT2D eigenvalue weighted by atomic mass is 32.1. The normalized spacial score (nSPS) is 11.0. The number of benzene rings is 2. The van der Waals surface area contributed by atoms with Gasteiger partial charge in [-0.25, -0.2) is 9.97 Å². The fraction of sp³-hybridized carbons (Fsp3) is 0.150. The molecule has 4 nitrogen and oxygen atoms in total. The summed E-state index contributed by atoms with van der Waals surface area (Å²) < 4.78 is 1.08. The summed E-state index contributed by atoms with van der Waals surface area (Å²) in [6, 6.07) is 14.3. The van der Waals surface area contributed by atoms with Crippen LogP contribution < -0.4 is 5.32 Å². The lowest BCUT2D eigenvalue weighted by molar-refractivity contribution is -0.115. The number of nitrogens with zero attached hydrogens (tertiary/aromatic N) is 2. The third-order valence-corrected chi connectivity index (χ3v) is 5.82. The highest BCUT2D eigenvalue weighted by Crippen LogP contribution is 2.27. The molecule has 1 amide bonds. The summed E-state index contributed by atoms with van der Waals surface area (Å²) in [6.07, 6.45) is 0.247. The van der Waals surface area contributed by atoms with Gasteiger partial charge in [0.25, 0.3) is 0 Å². The Balaban J connectivity index is 1.46. The summed E-state index contributed by atoms with van der Waals surface area (Å²) in [7, 11) is 0. The highest BCUT2D eigenvalue weighted by molar-refractivity contribution is 7.22. The topological polar surface area (TPSA) is 54.9 Å². The Labute approximate surface area is 159 Å². The summed E-state index contributed by atoms with van der Waals surface area (Å²) >= 11 is 3.05. The smallest absolute Gasteiger partial charge is 0.232 e. The van der Waals surface area contributed by atoms with Gasteiger partial charge in [0, 0.05) is 10.9 Å². The number of anilines is 1. The van der Waals surface area contributed by atoms with Gasteiger partial charge in [-0.1, -0.05) is 41.2 Å². The molecule has 2 heterocycles. The maximum Gasteiger partial charge on any atom is 0.232 e. The molecule has 6 heteroatoms. The zero-order chi connectivity index (χ0) is 18.1. The summed E-state index contributed by atoms with van der Waals surface area (Å²) in [4.78, 5) is 21.4. The third kappa shape index (κ3) is 3.66. The first-order chi connectivity index (χ1) is 12.6. The number of aryl methyl sites for hydroxylation is 2. The quantitative estimate of drug-likeness (QED) is 0.529. The zero-order valence-corrected chi connectivity index (χ0v) is 16.1. The van der Waals surface area contributed by atoms with Gasteiger partial charge in [-0.15, -0.1) is 11.3 Å². The van der Waals surface area contributed by atoms with Crippen LogP contribution in [0, 0.1) is 13.8 Å². The minimum absolute atomic E-state index is 0.0955.